The number of amides is 2. The highest BCUT2D eigenvalue weighted by molar-refractivity contribution is 6.01. The van der Waals surface area contributed by atoms with E-state index in [1.807, 2.05) is 0 Å². The Balaban J connectivity index is 2.36. The second-order valence-corrected chi connectivity index (χ2v) is 5.43. The van der Waals surface area contributed by atoms with Crippen LogP contribution in [0, 0.1) is 11.7 Å². The Labute approximate surface area is 118 Å². The summed E-state index contributed by atoms with van der Waals surface area (Å²) in [4.78, 5) is 25.3. The third kappa shape index (κ3) is 3.15. The van der Waals surface area contributed by atoms with E-state index in [4.69, 9.17) is 0 Å². The lowest BCUT2D eigenvalue weighted by molar-refractivity contribution is -0.119. The molecule has 0 aromatic heterocycles. The molecule has 2 rings (SSSR count). The molecule has 0 unspecified atom stereocenters. The van der Waals surface area contributed by atoms with Gasteiger partial charge in [0.15, 0.2) is 0 Å². The van der Waals surface area contributed by atoms with Gasteiger partial charge in [-0.2, -0.15) is 0 Å². The molecule has 1 aliphatic rings. The van der Waals surface area contributed by atoms with Gasteiger partial charge in [0, 0.05) is 18.9 Å². The Kier molecular flexibility index (Phi) is 4.06. The van der Waals surface area contributed by atoms with Crippen LogP contribution >= 0.6 is 0 Å². The molecule has 5 heteroatoms. The van der Waals surface area contributed by atoms with Crippen LogP contribution in [0.5, 0.6) is 0 Å². The van der Waals surface area contributed by atoms with Crippen LogP contribution in [0.1, 0.15) is 33.6 Å². The molecule has 0 saturated heterocycles. The SMILES string of the molecule is CC(=O)N(c1ccc(F)cc1NC(=O)C(C)C)C1CC1. The highest BCUT2D eigenvalue weighted by Crippen LogP contribution is 2.36. The Morgan fingerprint density at radius 3 is 2.50 bits per heavy atom. The lowest BCUT2D eigenvalue weighted by atomic mass is 10.1. The van der Waals surface area contributed by atoms with E-state index in [0.29, 0.717) is 11.4 Å². The third-order valence-electron chi connectivity index (χ3n) is 3.25. The van der Waals surface area contributed by atoms with E-state index >= 15 is 0 Å². The molecular weight excluding hydrogens is 259 g/mol. The smallest absolute Gasteiger partial charge is 0.226 e. The van der Waals surface area contributed by atoms with Gasteiger partial charge in [-0.3, -0.25) is 9.59 Å². The molecule has 1 saturated carbocycles. The Bertz CT molecular complexity index is 539. The molecule has 1 aliphatic carbocycles. The molecule has 20 heavy (non-hydrogen) atoms. The van der Waals surface area contributed by atoms with E-state index in [9.17, 15) is 14.0 Å². The lowest BCUT2D eigenvalue weighted by Gasteiger charge is -2.24. The first-order valence-corrected chi connectivity index (χ1v) is 6.80. The number of carbonyl (C=O) groups excluding carboxylic acids is 2. The number of carbonyl (C=O) groups is 2. The van der Waals surface area contributed by atoms with Gasteiger partial charge < -0.3 is 10.2 Å². The quantitative estimate of drug-likeness (QED) is 0.920. The number of halogens is 1. The summed E-state index contributed by atoms with van der Waals surface area (Å²) in [5.74, 6) is -0.944. The van der Waals surface area contributed by atoms with Crippen molar-refractivity contribution in [2.45, 2.75) is 39.7 Å². The van der Waals surface area contributed by atoms with Crippen molar-refractivity contribution in [3.8, 4) is 0 Å². The highest BCUT2D eigenvalue weighted by Gasteiger charge is 2.33. The second kappa shape index (κ2) is 5.61. The number of nitrogens with one attached hydrogen (secondary N) is 1. The fraction of sp³-hybridized carbons (Fsp3) is 0.467. The van der Waals surface area contributed by atoms with Crippen molar-refractivity contribution in [1.82, 2.24) is 0 Å². The first-order chi connectivity index (χ1) is 9.40. The molecule has 2 amide bonds. The van der Waals surface area contributed by atoms with Crippen molar-refractivity contribution < 1.29 is 14.0 Å². The van der Waals surface area contributed by atoms with Crippen LogP contribution in [-0.4, -0.2) is 17.9 Å². The molecule has 0 aliphatic heterocycles. The van der Waals surface area contributed by atoms with E-state index in [1.54, 1.807) is 24.8 Å². The molecule has 1 aromatic rings. The van der Waals surface area contributed by atoms with Gasteiger partial charge in [-0.1, -0.05) is 13.8 Å². The molecule has 1 aromatic carbocycles. The molecular formula is C15H19FN2O2. The molecule has 4 nitrogen and oxygen atoms in total. The summed E-state index contributed by atoms with van der Waals surface area (Å²) >= 11 is 0. The summed E-state index contributed by atoms with van der Waals surface area (Å²) in [5.41, 5.74) is 0.918. The summed E-state index contributed by atoms with van der Waals surface area (Å²) < 4.78 is 13.4. The van der Waals surface area contributed by atoms with Crippen LogP contribution < -0.4 is 10.2 Å². The molecule has 1 N–H and O–H groups in total. The van der Waals surface area contributed by atoms with E-state index in [2.05, 4.69) is 5.32 Å². The Hall–Kier alpha value is -1.91. The maximum absolute atomic E-state index is 13.4. The van der Waals surface area contributed by atoms with Gasteiger partial charge in [0.05, 0.1) is 11.4 Å². The zero-order valence-electron chi connectivity index (χ0n) is 11.9. The molecule has 0 radical (unpaired) electrons. The first-order valence-electron chi connectivity index (χ1n) is 6.80. The number of rotatable bonds is 4. The van der Waals surface area contributed by atoms with Gasteiger partial charge in [-0.05, 0) is 31.0 Å². The standard InChI is InChI=1S/C15H19FN2O2/c1-9(2)15(20)17-13-8-11(16)4-7-14(13)18(10(3)19)12-5-6-12/h4,7-9,12H,5-6H2,1-3H3,(H,17,20). The van der Waals surface area contributed by atoms with Gasteiger partial charge in [0.2, 0.25) is 11.8 Å². The molecule has 0 bridgehead atoms. The second-order valence-electron chi connectivity index (χ2n) is 5.43. The van der Waals surface area contributed by atoms with Crippen molar-refractivity contribution >= 4 is 23.2 Å². The minimum absolute atomic E-state index is 0.0980. The summed E-state index contributed by atoms with van der Waals surface area (Å²) in [6.45, 7) is 5.01. The van der Waals surface area contributed by atoms with Gasteiger partial charge in [-0.15, -0.1) is 0 Å². The van der Waals surface area contributed by atoms with Crippen molar-refractivity contribution in [3.63, 3.8) is 0 Å². The normalized spacial score (nSPS) is 14.2. The number of hydrogen-bond donors (Lipinski definition) is 1. The zero-order chi connectivity index (χ0) is 14.9. The van der Waals surface area contributed by atoms with Gasteiger partial charge in [-0.25, -0.2) is 4.39 Å². The van der Waals surface area contributed by atoms with Gasteiger partial charge in [0.25, 0.3) is 0 Å². The van der Waals surface area contributed by atoms with Crippen LogP contribution in [0.15, 0.2) is 18.2 Å². The predicted molar refractivity (Wildman–Crippen MR) is 76.0 cm³/mol. The molecule has 0 atom stereocenters. The van der Waals surface area contributed by atoms with E-state index < -0.39 is 5.82 Å². The number of hydrogen-bond acceptors (Lipinski definition) is 2. The minimum Gasteiger partial charge on any atom is -0.324 e. The number of nitrogens with zero attached hydrogens (tertiary/aromatic N) is 1. The highest BCUT2D eigenvalue weighted by atomic mass is 19.1. The van der Waals surface area contributed by atoms with Crippen molar-refractivity contribution in [1.29, 1.82) is 0 Å². The van der Waals surface area contributed by atoms with Crippen LogP contribution in [0.25, 0.3) is 0 Å². The number of benzene rings is 1. The molecule has 1 fully saturated rings. The molecule has 0 spiro atoms. The van der Waals surface area contributed by atoms with Crippen LogP contribution in [0.2, 0.25) is 0 Å². The summed E-state index contributed by atoms with van der Waals surface area (Å²) in [7, 11) is 0. The summed E-state index contributed by atoms with van der Waals surface area (Å²) in [6, 6.07) is 4.27. The van der Waals surface area contributed by atoms with E-state index in [1.165, 1.54) is 19.1 Å². The Morgan fingerprint density at radius 1 is 1.35 bits per heavy atom. The van der Waals surface area contributed by atoms with Crippen molar-refractivity contribution in [2.24, 2.45) is 5.92 Å². The summed E-state index contributed by atoms with van der Waals surface area (Å²) in [6.07, 6.45) is 1.88. The fourth-order valence-electron chi connectivity index (χ4n) is 2.05. The van der Waals surface area contributed by atoms with E-state index in [-0.39, 0.29) is 23.8 Å². The molecule has 0 heterocycles. The van der Waals surface area contributed by atoms with Crippen LogP contribution in [0.3, 0.4) is 0 Å². The lowest BCUT2D eigenvalue weighted by Crippen LogP contribution is -2.32. The van der Waals surface area contributed by atoms with E-state index in [0.717, 1.165) is 12.8 Å². The average molecular weight is 278 g/mol. The van der Waals surface area contributed by atoms with Gasteiger partial charge >= 0.3 is 0 Å². The Morgan fingerprint density at radius 2 is 2.00 bits per heavy atom. The van der Waals surface area contributed by atoms with Crippen molar-refractivity contribution in [3.05, 3.63) is 24.0 Å². The fourth-order valence-corrected chi connectivity index (χ4v) is 2.05. The van der Waals surface area contributed by atoms with Crippen molar-refractivity contribution in [2.75, 3.05) is 10.2 Å². The van der Waals surface area contributed by atoms with Gasteiger partial charge in [0.1, 0.15) is 5.82 Å². The van der Waals surface area contributed by atoms with Crippen LogP contribution in [-0.2, 0) is 9.59 Å². The minimum atomic E-state index is -0.438. The average Bonchev–Trinajstić information content (AvgIpc) is 3.16. The molecule has 108 valence electrons. The monoisotopic (exact) mass is 278 g/mol. The zero-order valence-corrected chi connectivity index (χ0v) is 11.9. The first kappa shape index (κ1) is 14.5. The maximum atomic E-state index is 13.4. The largest absolute Gasteiger partial charge is 0.324 e. The number of anilines is 2. The topological polar surface area (TPSA) is 49.4 Å². The van der Waals surface area contributed by atoms with Crippen LogP contribution in [0.4, 0.5) is 15.8 Å². The third-order valence-corrected chi connectivity index (χ3v) is 3.25. The summed E-state index contributed by atoms with van der Waals surface area (Å²) in [5, 5.41) is 2.70. The predicted octanol–water partition coefficient (Wildman–Crippen LogP) is 2.94. The maximum Gasteiger partial charge on any atom is 0.226 e.